The Morgan fingerprint density at radius 3 is 2.00 bits per heavy atom. The fourth-order valence-corrected chi connectivity index (χ4v) is 0.449. The molecule has 0 amide bonds. The van der Waals surface area contributed by atoms with E-state index in [1.807, 2.05) is 0 Å². The van der Waals surface area contributed by atoms with Crippen molar-refractivity contribution in [2.45, 2.75) is 45.8 Å². The van der Waals surface area contributed by atoms with Crippen LogP contribution < -0.4 is 0 Å². The molecule has 0 aliphatic rings. The van der Waals surface area contributed by atoms with Gasteiger partial charge in [-0.05, 0) is 20.8 Å². The van der Waals surface area contributed by atoms with Crippen LogP contribution in [-0.2, 0) is 19.3 Å². The third-order valence-electron chi connectivity index (χ3n) is 0.938. The molecule has 0 rings (SSSR count). The molecule has 0 fully saturated rings. The molecule has 15 heavy (non-hydrogen) atoms. The average Bonchev–Trinajstić information content (AvgIpc) is 1.97. The van der Waals surface area contributed by atoms with Gasteiger partial charge in [0.2, 0.25) is 6.29 Å². The number of rotatable bonds is 3. The maximum atomic E-state index is 11.7. The summed E-state index contributed by atoms with van der Waals surface area (Å²) in [5, 5.41) is 0. The quantitative estimate of drug-likeness (QED) is 0.322. The monoisotopic (exact) mass is 230 g/mol. The summed E-state index contributed by atoms with van der Waals surface area (Å²) < 4.78 is 39.0. The second kappa shape index (κ2) is 4.80. The zero-order valence-corrected chi connectivity index (χ0v) is 8.84. The molecule has 0 aliphatic heterocycles. The first-order chi connectivity index (χ1) is 6.52. The highest BCUT2D eigenvalue weighted by Crippen LogP contribution is 2.18. The van der Waals surface area contributed by atoms with E-state index in [1.165, 1.54) is 0 Å². The van der Waals surface area contributed by atoms with Gasteiger partial charge >= 0.3 is 12.1 Å². The summed E-state index contributed by atoms with van der Waals surface area (Å²) in [7, 11) is 0. The number of esters is 1. The van der Waals surface area contributed by atoms with Crippen molar-refractivity contribution in [2.75, 3.05) is 0 Å². The lowest BCUT2D eigenvalue weighted by Crippen LogP contribution is -2.32. The van der Waals surface area contributed by atoms with Crippen molar-refractivity contribution in [1.82, 2.24) is 0 Å². The predicted molar refractivity (Wildman–Crippen MR) is 43.5 cm³/mol. The Balaban J connectivity index is 3.95. The number of halogens is 3. The van der Waals surface area contributed by atoms with Crippen LogP contribution in [0, 0.1) is 0 Å². The number of alkyl halides is 3. The number of hydrogen-bond donors (Lipinski definition) is 0. The molecule has 0 bridgehead atoms. The second-order valence-corrected chi connectivity index (χ2v) is 3.76. The average molecular weight is 230 g/mol. The van der Waals surface area contributed by atoms with Gasteiger partial charge in [-0.1, -0.05) is 0 Å². The van der Waals surface area contributed by atoms with Crippen molar-refractivity contribution >= 4 is 5.97 Å². The molecule has 7 heteroatoms. The van der Waals surface area contributed by atoms with E-state index in [-0.39, 0.29) is 0 Å². The van der Waals surface area contributed by atoms with E-state index < -0.39 is 24.0 Å². The molecule has 0 aromatic rings. The van der Waals surface area contributed by atoms with Gasteiger partial charge in [0.05, 0.1) is 5.60 Å². The van der Waals surface area contributed by atoms with Gasteiger partial charge in [-0.3, -0.25) is 0 Å². The largest absolute Gasteiger partial charge is 0.491 e. The Morgan fingerprint density at radius 2 is 1.67 bits per heavy atom. The predicted octanol–water partition coefficient (Wildman–Crippen LogP) is 2.18. The van der Waals surface area contributed by atoms with Crippen LogP contribution in [0.1, 0.15) is 27.7 Å². The van der Waals surface area contributed by atoms with E-state index >= 15 is 0 Å². The van der Waals surface area contributed by atoms with Crippen molar-refractivity contribution < 1.29 is 32.5 Å². The maximum absolute atomic E-state index is 11.7. The molecule has 0 saturated carbocycles. The molecule has 1 unspecified atom stereocenters. The highest BCUT2D eigenvalue weighted by molar-refractivity contribution is 5.75. The van der Waals surface area contributed by atoms with E-state index in [1.54, 1.807) is 20.8 Å². The molecule has 0 aromatic heterocycles. The van der Waals surface area contributed by atoms with Gasteiger partial charge in [0.25, 0.3) is 0 Å². The van der Waals surface area contributed by atoms with Crippen LogP contribution in [0.25, 0.3) is 0 Å². The van der Waals surface area contributed by atoms with E-state index in [0.717, 1.165) is 6.92 Å². The Bertz CT molecular complexity index is 219. The minimum Gasteiger partial charge on any atom is -0.427 e. The zero-order chi connectivity index (χ0) is 12.3. The lowest BCUT2D eigenvalue weighted by atomic mass is 10.2. The number of carbonyl (C=O) groups excluding carboxylic acids is 1. The van der Waals surface area contributed by atoms with Crippen molar-refractivity contribution in [3.05, 3.63) is 0 Å². The first kappa shape index (κ1) is 14.2. The van der Waals surface area contributed by atoms with Crippen LogP contribution in [0.5, 0.6) is 0 Å². The fourth-order valence-electron chi connectivity index (χ4n) is 0.449. The van der Waals surface area contributed by atoms with Crippen LogP contribution in [-0.4, -0.2) is 24.0 Å². The molecular weight excluding hydrogens is 217 g/mol. The first-order valence-corrected chi connectivity index (χ1v) is 4.14. The normalized spacial score (nSPS) is 14.9. The van der Waals surface area contributed by atoms with Crippen molar-refractivity contribution in [3.8, 4) is 0 Å². The summed E-state index contributed by atoms with van der Waals surface area (Å²) >= 11 is 0. The Morgan fingerprint density at radius 1 is 1.20 bits per heavy atom. The molecular formula is C8H13F3O4. The summed E-state index contributed by atoms with van der Waals surface area (Å²) in [6.45, 7) is 6.01. The van der Waals surface area contributed by atoms with Gasteiger partial charge in [-0.2, -0.15) is 18.1 Å². The molecule has 1 atom stereocenters. The molecule has 4 nitrogen and oxygen atoms in total. The van der Waals surface area contributed by atoms with Gasteiger partial charge < -0.3 is 4.74 Å². The first-order valence-electron chi connectivity index (χ1n) is 4.14. The van der Waals surface area contributed by atoms with Gasteiger partial charge in [-0.25, -0.2) is 9.68 Å². The number of hydrogen-bond acceptors (Lipinski definition) is 4. The molecule has 0 aromatic carbocycles. The molecule has 0 radical (unpaired) electrons. The summed E-state index contributed by atoms with van der Waals surface area (Å²) in [6.07, 6.45) is -6.45. The summed E-state index contributed by atoms with van der Waals surface area (Å²) in [5.41, 5.74) is -0.696. The van der Waals surface area contributed by atoms with Crippen LogP contribution in [0.3, 0.4) is 0 Å². The summed E-state index contributed by atoms with van der Waals surface area (Å²) in [4.78, 5) is 19.4. The molecule has 0 N–H and O–H groups in total. The molecule has 90 valence electrons. The molecule has 0 heterocycles. The van der Waals surface area contributed by atoms with Crippen LogP contribution in [0.15, 0.2) is 0 Å². The van der Waals surface area contributed by atoms with E-state index in [4.69, 9.17) is 0 Å². The molecule has 0 saturated heterocycles. The second-order valence-electron chi connectivity index (χ2n) is 3.76. The standard InChI is InChI=1S/C8H13F3O4/c1-5(14-15-7(2,3)4)13-6(12)8(9,10)11/h5H,1-4H3. The maximum Gasteiger partial charge on any atom is 0.491 e. The SMILES string of the molecule is CC(OOC(C)(C)C)OC(=O)C(F)(F)F. The molecule has 0 spiro atoms. The topological polar surface area (TPSA) is 44.8 Å². The van der Waals surface area contributed by atoms with E-state index in [0.29, 0.717) is 0 Å². The van der Waals surface area contributed by atoms with Crippen LogP contribution in [0.2, 0.25) is 0 Å². The Kier molecular flexibility index (Phi) is 4.54. The van der Waals surface area contributed by atoms with Crippen molar-refractivity contribution in [3.63, 3.8) is 0 Å². The smallest absolute Gasteiger partial charge is 0.427 e. The lowest BCUT2D eigenvalue weighted by Gasteiger charge is -2.21. The summed E-state index contributed by atoms with van der Waals surface area (Å²) in [6, 6.07) is 0. The number of carbonyl (C=O) groups is 1. The van der Waals surface area contributed by atoms with E-state index in [2.05, 4.69) is 14.5 Å². The van der Waals surface area contributed by atoms with Crippen LogP contribution in [0.4, 0.5) is 13.2 Å². The van der Waals surface area contributed by atoms with Gasteiger partial charge in [0, 0.05) is 6.92 Å². The van der Waals surface area contributed by atoms with Gasteiger partial charge in [-0.15, -0.1) is 0 Å². The number of ether oxygens (including phenoxy) is 1. The summed E-state index contributed by atoms with van der Waals surface area (Å²) in [5.74, 6) is -2.31. The third-order valence-corrected chi connectivity index (χ3v) is 0.938. The minimum absolute atomic E-state index is 0.696. The van der Waals surface area contributed by atoms with Crippen molar-refractivity contribution in [1.29, 1.82) is 0 Å². The van der Waals surface area contributed by atoms with Gasteiger partial charge in [0.15, 0.2) is 0 Å². The minimum atomic E-state index is -5.03. The lowest BCUT2D eigenvalue weighted by molar-refractivity contribution is -0.407. The van der Waals surface area contributed by atoms with Crippen molar-refractivity contribution in [2.24, 2.45) is 0 Å². The highest BCUT2D eigenvalue weighted by atomic mass is 19.4. The van der Waals surface area contributed by atoms with Gasteiger partial charge in [0.1, 0.15) is 0 Å². The Labute approximate surface area is 85.2 Å². The zero-order valence-electron chi connectivity index (χ0n) is 8.84. The Hall–Kier alpha value is -0.820. The fraction of sp³-hybridized carbons (Fsp3) is 0.875. The highest BCUT2D eigenvalue weighted by Gasteiger charge is 2.42. The van der Waals surface area contributed by atoms with E-state index in [9.17, 15) is 18.0 Å². The van der Waals surface area contributed by atoms with Crippen LogP contribution >= 0.6 is 0 Å². The third kappa shape index (κ3) is 7.15. The molecule has 0 aliphatic carbocycles.